The molecule has 0 aromatic carbocycles. The lowest BCUT2D eigenvalue weighted by atomic mass is 9.86. The van der Waals surface area contributed by atoms with Crippen molar-refractivity contribution in [1.82, 2.24) is 5.32 Å². The maximum atomic E-state index is 10.0. The van der Waals surface area contributed by atoms with E-state index in [0.717, 1.165) is 31.1 Å². The number of carbonyl (C=O) groups excluding carboxylic acids is 1. The Labute approximate surface area is 108 Å². The normalized spacial score (nSPS) is 16.5. The van der Waals surface area contributed by atoms with Crippen LogP contribution < -0.4 is 5.32 Å². The molecule has 1 N–H and O–H groups in total. The van der Waals surface area contributed by atoms with Gasteiger partial charge < -0.3 is 10.1 Å². The van der Waals surface area contributed by atoms with E-state index in [1.807, 2.05) is 7.05 Å². The molecule has 2 nitrogen and oxygen atoms in total. The van der Waals surface area contributed by atoms with Crippen LogP contribution in [0.25, 0.3) is 0 Å². The summed E-state index contributed by atoms with van der Waals surface area (Å²) < 4.78 is 0. The van der Waals surface area contributed by atoms with Gasteiger partial charge in [0, 0.05) is 12.5 Å². The highest BCUT2D eigenvalue weighted by Gasteiger charge is 2.11. The monoisotopic (exact) mass is 241 g/mol. The fourth-order valence-corrected chi connectivity index (χ4v) is 2.48. The van der Waals surface area contributed by atoms with E-state index in [2.05, 4.69) is 19.2 Å². The third-order valence-electron chi connectivity index (χ3n) is 3.81. The summed E-state index contributed by atoms with van der Waals surface area (Å²) in [6.07, 6.45) is 12.4. The average molecular weight is 241 g/mol. The van der Waals surface area contributed by atoms with Gasteiger partial charge in [0.05, 0.1) is 0 Å². The molecule has 1 fully saturated rings. The molecule has 102 valence electrons. The molecule has 0 radical (unpaired) electrons. The summed E-state index contributed by atoms with van der Waals surface area (Å²) in [5.41, 5.74) is 0. The lowest BCUT2D eigenvalue weighted by molar-refractivity contribution is -0.108. The van der Waals surface area contributed by atoms with Crippen LogP contribution in [0.4, 0.5) is 0 Å². The zero-order valence-corrected chi connectivity index (χ0v) is 12.0. The minimum Gasteiger partial charge on any atom is -0.317 e. The van der Waals surface area contributed by atoms with E-state index in [4.69, 9.17) is 0 Å². The standard InChI is InChI=1S/C9H16O.C6H15N/c10-8-4-7-9-5-2-1-3-6-9;1-4-6(5-2)7-3/h8-9H,1-7H2;6-7H,4-5H2,1-3H3. The van der Waals surface area contributed by atoms with Gasteiger partial charge in [-0.05, 0) is 32.2 Å². The molecule has 2 heteroatoms. The molecule has 0 unspecified atom stereocenters. The van der Waals surface area contributed by atoms with Crippen molar-refractivity contribution in [3.63, 3.8) is 0 Å². The summed E-state index contributed by atoms with van der Waals surface area (Å²) in [5.74, 6) is 0.874. The molecular weight excluding hydrogens is 210 g/mol. The summed E-state index contributed by atoms with van der Waals surface area (Å²) in [7, 11) is 2.01. The maximum Gasteiger partial charge on any atom is 0.120 e. The Morgan fingerprint density at radius 1 is 1.18 bits per heavy atom. The van der Waals surface area contributed by atoms with Crippen LogP contribution in [0.15, 0.2) is 0 Å². The molecule has 0 atom stereocenters. The van der Waals surface area contributed by atoms with Crippen LogP contribution in [0.5, 0.6) is 0 Å². The van der Waals surface area contributed by atoms with Crippen LogP contribution in [0, 0.1) is 5.92 Å². The van der Waals surface area contributed by atoms with Gasteiger partial charge in [0.25, 0.3) is 0 Å². The summed E-state index contributed by atoms with van der Waals surface area (Å²) in [4.78, 5) is 10.0. The number of carbonyl (C=O) groups is 1. The zero-order chi connectivity index (χ0) is 12.9. The molecule has 0 bridgehead atoms. The highest BCUT2D eigenvalue weighted by atomic mass is 16.1. The van der Waals surface area contributed by atoms with E-state index in [1.165, 1.54) is 44.9 Å². The lowest BCUT2D eigenvalue weighted by Crippen LogP contribution is -2.22. The lowest BCUT2D eigenvalue weighted by Gasteiger charge is -2.19. The number of hydrogen-bond acceptors (Lipinski definition) is 2. The Bertz CT molecular complexity index is 155. The van der Waals surface area contributed by atoms with Crippen LogP contribution in [-0.2, 0) is 4.79 Å². The van der Waals surface area contributed by atoms with Crippen LogP contribution >= 0.6 is 0 Å². The van der Waals surface area contributed by atoms with Gasteiger partial charge in [-0.3, -0.25) is 0 Å². The molecule has 0 spiro atoms. The first-order chi connectivity index (χ1) is 8.28. The molecule has 17 heavy (non-hydrogen) atoms. The first-order valence-corrected chi connectivity index (χ1v) is 7.39. The van der Waals surface area contributed by atoms with E-state index < -0.39 is 0 Å². The largest absolute Gasteiger partial charge is 0.317 e. The molecule has 0 heterocycles. The second kappa shape index (κ2) is 12.1. The zero-order valence-electron chi connectivity index (χ0n) is 12.0. The predicted molar refractivity (Wildman–Crippen MR) is 75.3 cm³/mol. The SMILES string of the molecule is CCC(CC)NC.O=CCCC1CCCCC1. The van der Waals surface area contributed by atoms with Gasteiger partial charge in [-0.2, -0.15) is 0 Å². The fourth-order valence-electron chi connectivity index (χ4n) is 2.48. The quantitative estimate of drug-likeness (QED) is 0.714. The predicted octanol–water partition coefficient (Wildman–Crippen LogP) is 3.94. The number of aldehydes is 1. The van der Waals surface area contributed by atoms with Crippen LogP contribution in [0.1, 0.15) is 71.6 Å². The second-order valence-corrected chi connectivity index (χ2v) is 5.05. The molecule has 0 saturated heterocycles. The van der Waals surface area contributed by atoms with Crippen molar-refractivity contribution in [2.24, 2.45) is 5.92 Å². The highest BCUT2D eigenvalue weighted by Crippen LogP contribution is 2.26. The maximum absolute atomic E-state index is 10.0. The van der Waals surface area contributed by atoms with E-state index >= 15 is 0 Å². The Hall–Kier alpha value is -0.370. The minimum atomic E-state index is 0.736. The highest BCUT2D eigenvalue weighted by molar-refractivity contribution is 5.49. The van der Waals surface area contributed by atoms with E-state index in [9.17, 15) is 4.79 Å². The van der Waals surface area contributed by atoms with Gasteiger partial charge in [0.2, 0.25) is 0 Å². The second-order valence-electron chi connectivity index (χ2n) is 5.05. The van der Waals surface area contributed by atoms with Gasteiger partial charge in [0.15, 0.2) is 0 Å². The molecule has 1 saturated carbocycles. The minimum absolute atomic E-state index is 0.736. The van der Waals surface area contributed by atoms with Crippen molar-refractivity contribution in [2.75, 3.05) is 7.05 Å². The average Bonchev–Trinajstić information content (AvgIpc) is 2.40. The van der Waals surface area contributed by atoms with Gasteiger partial charge in [0.1, 0.15) is 6.29 Å². The van der Waals surface area contributed by atoms with Crippen molar-refractivity contribution >= 4 is 6.29 Å². The van der Waals surface area contributed by atoms with E-state index in [-0.39, 0.29) is 0 Å². The molecule has 1 rings (SSSR count). The summed E-state index contributed by atoms with van der Waals surface area (Å²) >= 11 is 0. The summed E-state index contributed by atoms with van der Waals surface area (Å²) in [5, 5.41) is 3.20. The Morgan fingerprint density at radius 2 is 1.76 bits per heavy atom. The first kappa shape index (κ1) is 16.6. The van der Waals surface area contributed by atoms with Crippen LogP contribution in [-0.4, -0.2) is 19.4 Å². The Kier molecular flexibility index (Phi) is 11.8. The molecule has 0 aliphatic heterocycles. The van der Waals surface area contributed by atoms with Crippen molar-refractivity contribution in [3.05, 3.63) is 0 Å². The number of hydrogen-bond donors (Lipinski definition) is 1. The van der Waals surface area contributed by atoms with Crippen molar-refractivity contribution < 1.29 is 4.79 Å². The van der Waals surface area contributed by atoms with Gasteiger partial charge in [-0.15, -0.1) is 0 Å². The fraction of sp³-hybridized carbons (Fsp3) is 0.933. The van der Waals surface area contributed by atoms with Gasteiger partial charge in [-0.1, -0.05) is 46.0 Å². The third kappa shape index (κ3) is 9.34. The van der Waals surface area contributed by atoms with Gasteiger partial charge >= 0.3 is 0 Å². The van der Waals surface area contributed by atoms with E-state index in [0.29, 0.717) is 0 Å². The molecule has 0 amide bonds. The molecule has 0 aromatic heterocycles. The van der Waals surface area contributed by atoms with E-state index in [1.54, 1.807) is 0 Å². The van der Waals surface area contributed by atoms with Crippen molar-refractivity contribution in [1.29, 1.82) is 0 Å². The van der Waals surface area contributed by atoms with Crippen LogP contribution in [0.2, 0.25) is 0 Å². The molecule has 0 aromatic rings. The molecular formula is C15H31NO. The summed E-state index contributed by atoms with van der Waals surface area (Å²) in [6.45, 7) is 4.40. The topological polar surface area (TPSA) is 29.1 Å². The molecule has 1 aliphatic carbocycles. The number of nitrogens with one attached hydrogen (secondary N) is 1. The third-order valence-corrected chi connectivity index (χ3v) is 3.81. The Balaban J connectivity index is 0.000000325. The smallest absolute Gasteiger partial charge is 0.120 e. The first-order valence-electron chi connectivity index (χ1n) is 7.39. The van der Waals surface area contributed by atoms with Crippen molar-refractivity contribution in [2.45, 2.75) is 77.7 Å². The Morgan fingerprint density at radius 3 is 2.12 bits per heavy atom. The molecule has 1 aliphatic rings. The summed E-state index contributed by atoms with van der Waals surface area (Å²) in [6, 6.07) is 0.736. The number of rotatable bonds is 6. The van der Waals surface area contributed by atoms with Crippen LogP contribution in [0.3, 0.4) is 0 Å². The van der Waals surface area contributed by atoms with Crippen molar-refractivity contribution in [3.8, 4) is 0 Å². The van der Waals surface area contributed by atoms with Gasteiger partial charge in [-0.25, -0.2) is 0 Å².